The largest absolute Gasteiger partial charge is 0.466 e. The van der Waals surface area contributed by atoms with Crippen LogP contribution in [-0.4, -0.2) is 11.4 Å². The second kappa shape index (κ2) is 5.48. The molecular weight excluding hydrogens is 325 g/mol. The summed E-state index contributed by atoms with van der Waals surface area (Å²) >= 11 is 10.1. The van der Waals surface area contributed by atoms with E-state index in [4.69, 9.17) is 20.5 Å². The van der Waals surface area contributed by atoms with Crippen molar-refractivity contribution < 1.29 is 13.3 Å². The molecule has 0 amide bonds. The van der Waals surface area contributed by atoms with Crippen molar-refractivity contribution in [2.45, 2.75) is 19.6 Å². The molecule has 0 saturated heterocycles. The summed E-state index contributed by atoms with van der Waals surface area (Å²) in [6.45, 7) is 3.67. The molecule has 0 atom stereocenters. The van der Waals surface area contributed by atoms with E-state index < -0.39 is 5.72 Å². The zero-order valence-corrected chi connectivity index (χ0v) is 13.6. The molecule has 3 nitrogen and oxygen atoms in total. The zero-order chi connectivity index (χ0) is 15.9. The maximum absolute atomic E-state index is 13.2. The molecule has 2 aromatic carbocycles. The molecule has 0 saturated carbocycles. The topological polar surface area (TPSA) is 30.8 Å². The Hall–Kier alpha value is -1.72. The Bertz CT molecular complexity index is 759. The summed E-state index contributed by atoms with van der Waals surface area (Å²) in [7, 11) is 0. The third-order valence-electron chi connectivity index (χ3n) is 3.23. The molecule has 1 aliphatic rings. The molecule has 0 fully saturated rings. The average molecular weight is 338 g/mol. The van der Waals surface area contributed by atoms with Crippen LogP contribution in [0.4, 0.5) is 4.39 Å². The van der Waals surface area contributed by atoms with Crippen LogP contribution >= 0.6 is 24.5 Å². The molecule has 0 N–H and O–H groups in total. The van der Waals surface area contributed by atoms with Crippen LogP contribution in [-0.2, 0) is 0 Å². The molecule has 0 unspecified atom stereocenters. The predicted octanol–water partition coefficient (Wildman–Crippen LogP) is 4.67. The summed E-state index contributed by atoms with van der Waals surface area (Å²) in [5.74, 6) is 0.722. The van der Waals surface area contributed by atoms with Crippen molar-refractivity contribution in [2.24, 2.45) is 4.99 Å². The Kier molecular flexibility index (Phi) is 3.78. The normalized spacial score (nSPS) is 15.6. The molecule has 0 radical (unpaired) electrons. The van der Waals surface area contributed by atoms with Gasteiger partial charge in [-0.2, -0.15) is 0 Å². The minimum Gasteiger partial charge on any atom is -0.466 e. The zero-order valence-electron chi connectivity index (χ0n) is 11.9. The number of benzene rings is 2. The third kappa shape index (κ3) is 2.78. The molecule has 0 bridgehead atoms. The molecule has 1 heterocycles. The number of aliphatic imine (C=N–C) groups is 1. The molecule has 3 rings (SSSR count). The van der Waals surface area contributed by atoms with Gasteiger partial charge >= 0.3 is 0 Å². The van der Waals surface area contributed by atoms with Crippen LogP contribution in [0.1, 0.15) is 25.0 Å². The minimum atomic E-state index is -0.769. The number of ether oxygens (including phenoxy) is 1. The SMILES string of the molecule is CC1(C)N=C(c2ccc(F)cc2)c2c(Cl)cc(OS)cc2O1. The Balaban J connectivity index is 2.22. The van der Waals surface area contributed by atoms with Gasteiger partial charge in [-0.25, -0.2) is 9.38 Å². The van der Waals surface area contributed by atoms with Gasteiger partial charge in [-0.1, -0.05) is 11.6 Å². The summed E-state index contributed by atoms with van der Waals surface area (Å²) in [5, 5.41) is 0.431. The third-order valence-corrected chi connectivity index (χ3v) is 3.74. The molecule has 0 spiro atoms. The summed E-state index contributed by atoms with van der Waals surface area (Å²) in [6.07, 6.45) is 0. The highest BCUT2D eigenvalue weighted by molar-refractivity contribution is 7.75. The summed E-state index contributed by atoms with van der Waals surface area (Å²) < 4.78 is 23.9. The van der Waals surface area contributed by atoms with Crippen LogP contribution in [0.15, 0.2) is 41.4 Å². The van der Waals surface area contributed by atoms with Crippen LogP contribution in [0, 0.1) is 5.82 Å². The van der Waals surface area contributed by atoms with Gasteiger partial charge in [0, 0.05) is 30.6 Å². The fourth-order valence-corrected chi connectivity index (χ4v) is 2.75. The lowest BCUT2D eigenvalue weighted by Gasteiger charge is -2.31. The predicted molar refractivity (Wildman–Crippen MR) is 87.8 cm³/mol. The molecule has 0 aliphatic carbocycles. The highest BCUT2D eigenvalue weighted by Gasteiger charge is 2.31. The van der Waals surface area contributed by atoms with Crippen LogP contribution in [0.2, 0.25) is 5.02 Å². The maximum Gasteiger partial charge on any atom is 0.195 e. The molecular formula is C16H13ClFNO2S. The van der Waals surface area contributed by atoms with Crippen molar-refractivity contribution in [3.8, 4) is 11.5 Å². The number of thiol groups is 1. The lowest BCUT2D eigenvalue weighted by Crippen LogP contribution is -2.32. The number of rotatable bonds is 2. The van der Waals surface area contributed by atoms with Crippen LogP contribution < -0.4 is 8.92 Å². The first-order valence-corrected chi connectivity index (χ1v) is 7.34. The van der Waals surface area contributed by atoms with Crippen molar-refractivity contribution in [3.63, 3.8) is 0 Å². The highest BCUT2D eigenvalue weighted by atomic mass is 35.5. The number of nitrogens with zero attached hydrogens (tertiary/aromatic N) is 1. The van der Waals surface area contributed by atoms with Crippen LogP contribution in [0.5, 0.6) is 11.5 Å². The number of halogens is 2. The molecule has 0 aromatic heterocycles. The van der Waals surface area contributed by atoms with Gasteiger partial charge in [0.15, 0.2) is 5.72 Å². The fourth-order valence-electron chi connectivity index (χ4n) is 2.35. The van der Waals surface area contributed by atoms with E-state index in [2.05, 4.69) is 17.9 Å². The number of hydrogen-bond acceptors (Lipinski definition) is 4. The van der Waals surface area contributed by atoms with Gasteiger partial charge in [0.1, 0.15) is 17.3 Å². The van der Waals surface area contributed by atoms with E-state index in [1.807, 2.05) is 13.8 Å². The summed E-state index contributed by atoms with van der Waals surface area (Å²) in [5.41, 5.74) is 1.30. The molecule has 114 valence electrons. The fraction of sp³-hybridized carbons (Fsp3) is 0.188. The maximum atomic E-state index is 13.2. The molecule has 2 aromatic rings. The smallest absolute Gasteiger partial charge is 0.195 e. The van der Waals surface area contributed by atoms with Gasteiger partial charge in [-0.3, -0.25) is 0 Å². The Morgan fingerprint density at radius 3 is 2.55 bits per heavy atom. The first kappa shape index (κ1) is 15.2. The summed E-state index contributed by atoms with van der Waals surface area (Å²) in [6, 6.07) is 9.44. The van der Waals surface area contributed by atoms with Crippen LogP contribution in [0.3, 0.4) is 0 Å². The molecule has 22 heavy (non-hydrogen) atoms. The van der Waals surface area contributed by atoms with Crippen molar-refractivity contribution in [1.82, 2.24) is 0 Å². The molecule has 1 aliphatic heterocycles. The van der Waals surface area contributed by atoms with Crippen molar-refractivity contribution in [1.29, 1.82) is 0 Å². The van der Waals surface area contributed by atoms with E-state index in [-0.39, 0.29) is 5.82 Å². The lowest BCUT2D eigenvalue weighted by molar-refractivity contribution is 0.115. The first-order chi connectivity index (χ1) is 10.4. The standard InChI is InChI=1S/C16H13ClFNO2S/c1-16(2)19-15(9-3-5-10(18)6-4-9)14-12(17)7-11(21-22)8-13(14)20-16/h3-8,22H,1-2H3. The van der Waals surface area contributed by atoms with E-state index in [0.717, 1.165) is 5.56 Å². The lowest BCUT2D eigenvalue weighted by atomic mass is 9.98. The highest BCUT2D eigenvalue weighted by Crippen LogP contribution is 2.40. The summed E-state index contributed by atoms with van der Waals surface area (Å²) in [4.78, 5) is 4.60. The van der Waals surface area contributed by atoms with Gasteiger partial charge in [-0.05, 0) is 38.1 Å². The van der Waals surface area contributed by atoms with Crippen LogP contribution in [0.25, 0.3) is 0 Å². The quantitative estimate of drug-likeness (QED) is 0.637. The Morgan fingerprint density at radius 1 is 1.23 bits per heavy atom. The van der Waals surface area contributed by atoms with E-state index in [1.54, 1.807) is 24.3 Å². The van der Waals surface area contributed by atoms with Gasteiger partial charge in [-0.15, -0.1) is 0 Å². The van der Waals surface area contributed by atoms with E-state index >= 15 is 0 Å². The van der Waals surface area contributed by atoms with E-state index in [0.29, 0.717) is 27.8 Å². The van der Waals surface area contributed by atoms with Crippen molar-refractivity contribution >= 4 is 30.2 Å². The number of hydrogen-bond donors (Lipinski definition) is 1. The second-order valence-electron chi connectivity index (χ2n) is 5.39. The number of fused-ring (bicyclic) bond motifs is 1. The van der Waals surface area contributed by atoms with Crippen molar-refractivity contribution in [3.05, 3.63) is 58.4 Å². The average Bonchev–Trinajstić information content (AvgIpc) is 2.45. The minimum absolute atomic E-state index is 0.305. The molecule has 6 heteroatoms. The van der Waals surface area contributed by atoms with Gasteiger partial charge < -0.3 is 8.92 Å². The van der Waals surface area contributed by atoms with E-state index in [9.17, 15) is 4.39 Å². The van der Waals surface area contributed by atoms with Gasteiger partial charge in [0.25, 0.3) is 0 Å². The second-order valence-corrected chi connectivity index (χ2v) is 5.98. The monoisotopic (exact) mass is 337 g/mol. The van der Waals surface area contributed by atoms with Gasteiger partial charge in [0.2, 0.25) is 0 Å². The Labute approximate surface area is 138 Å². The van der Waals surface area contributed by atoms with Gasteiger partial charge in [0.05, 0.1) is 16.3 Å². The Morgan fingerprint density at radius 2 is 1.91 bits per heavy atom. The first-order valence-electron chi connectivity index (χ1n) is 6.60. The van der Waals surface area contributed by atoms with Crippen molar-refractivity contribution in [2.75, 3.05) is 0 Å². The van der Waals surface area contributed by atoms with E-state index in [1.165, 1.54) is 12.1 Å².